The molecule has 0 spiro atoms. The van der Waals surface area contributed by atoms with Crippen LogP contribution in [0, 0.1) is 0 Å². The molecule has 0 bridgehead atoms. The van der Waals surface area contributed by atoms with Crippen molar-refractivity contribution in [3.8, 4) is 0 Å². The van der Waals surface area contributed by atoms with Crippen molar-refractivity contribution in [2.75, 3.05) is 6.54 Å². The molecule has 0 rings (SSSR count). The predicted molar refractivity (Wildman–Crippen MR) is 60.2 cm³/mol. The first kappa shape index (κ1) is 11.7. The van der Waals surface area contributed by atoms with Crippen LogP contribution >= 0.6 is 22.6 Å². The molecule has 1 atom stereocenters. The van der Waals surface area contributed by atoms with Gasteiger partial charge in [0.2, 0.25) is 0 Å². The Bertz CT molecular complexity index is 76.0. The summed E-state index contributed by atoms with van der Waals surface area (Å²) in [6.07, 6.45) is 8.01. The fourth-order valence-electron chi connectivity index (χ4n) is 1.10. The number of hydrogen-bond donors (Lipinski definition) is 1. The third-order valence-corrected chi connectivity index (χ3v) is 3.09. The number of rotatable bonds is 7. The van der Waals surface area contributed by atoms with Gasteiger partial charge in [0, 0.05) is 3.92 Å². The van der Waals surface area contributed by atoms with Gasteiger partial charge in [-0.05, 0) is 25.8 Å². The molecule has 0 saturated carbocycles. The van der Waals surface area contributed by atoms with E-state index in [1.807, 2.05) is 0 Å². The molecule has 1 nitrogen and oxygen atoms in total. The van der Waals surface area contributed by atoms with Gasteiger partial charge in [0.1, 0.15) is 0 Å². The Labute approximate surface area is 84.3 Å². The topological polar surface area (TPSA) is 26.0 Å². The molecule has 2 heteroatoms. The van der Waals surface area contributed by atoms with Crippen LogP contribution in [-0.4, -0.2) is 10.5 Å². The predicted octanol–water partition coefficient (Wildman–Crippen LogP) is 3.11. The molecule has 0 amide bonds. The van der Waals surface area contributed by atoms with Crippen molar-refractivity contribution in [3.05, 3.63) is 0 Å². The Morgan fingerprint density at radius 1 is 1.18 bits per heavy atom. The zero-order chi connectivity index (χ0) is 8.53. The molecule has 11 heavy (non-hydrogen) atoms. The molecule has 0 aliphatic heterocycles. The van der Waals surface area contributed by atoms with Crippen LogP contribution in [-0.2, 0) is 0 Å². The smallest absolute Gasteiger partial charge is 0.0110 e. The summed E-state index contributed by atoms with van der Waals surface area (Å²) in [5.41, 5.74) is 5.43. The zero-order valence-electron chi connectivity index (χ0n) is 7.48. The van der Waals surface area contributed by atoms with Gasteiger partial charge >= 0.3 is 0 Å². The van der Waals surface area contributed by atoms with Crippen molar-refractivity contribution < 1.29 is 0 Å². The number of halogens is 1. The minimum Gasteiger partial charge on any atom is -0.330 e. The first-order valence-corrected chi connectivity index (χ1v) is 5.90. The normalized spacial score (nSPS) is 13.4. The van der Waals surface area contributed by atoms with Crippen LogP contribution in [0.3, 0.4) is 0 Å². The first-order chi connectivity index (χ1) is 5.31. The molecule has 0 aliphatic rings. The summed E-state index contributed by atoms with van der Waals surface area (Å²) in [4.78, 5) is 0. The summed E-state index contributed by atoms with van der Waals surface area (Å²) in [5, 5.41) is 0. The molecule has 0 aliphatic carbocycles. The fraction of sp³-hybridized carbons (Fsp3) is 1.00. The fourth-order valence-corrected chi connectivity index (χ4v) is 1.98. The highest BCUT2D eigenvalue weighted by molar-refractivity contribution is 14.1. The van der Waals surface area contributed by atoms with E-state index in [4.69, 9.17) is 5.73 Å². The van der Waals surface area contributed by atoms with Gasteiger partial charge in [-0.2, -0.15) is 0 Å². The van der Waals surface area contributed by atoms with E-state index < -0.39 is 0 Å². The lowest BCUT2D eigenvalue weighted by atomic mass is 10.1. The van der Waals surface area contributed by atoms with Gasteiger partial charge in [0.25, 0.3) is 0 Å². The van der Waals surface area contributed by atoms with E-state index in [0.29, 0.717) is 0 Å². The quantitative estimate of drug-likeness (QED) is 0.429. The Kier molecular flexibility index (Phi) is 9.33. The lowest BCUT2D eigenvalue weighted by Gasteiger charge is -2.07. The van der Waals surface area contributed by atoms with Crippen molar-refractivity contribution in [2.24, 2.45) is 5.73 Å². The monoisotopic (exact) mass is 269 g/mol. The maximum atomic E-state index is 5.43. The standard InChI is InChI=1S/C9H20IN/c1-2-3-4-6-9(10)7-5-8-11/h9H,2-8,11H2,1H3. The molecular weight excluding hydrogens is 249 g/mol. The largest absolute Gasteiger partial charge is 0.330 e. The molecule has 0 aromatic carbocycles. The van der Waals surface area contributed by atoms with E-state index in [-0.39, 0.29) is 0 Å². The summed E-state index contributed by atoms with van der Waals surface area (Å²) in [6.45, 7) is 3.11. The van der Waals surface area contributed by atoms with Gasteiger partial charge in [-0.25, -0.2) is 0 Å². The SMILES string of the molecule is CCCCCC(I)CCCN. The van der Waals surface area contributed by atoms with E-state index in [1.54, 1.807) is 0 Å². The molecule has 0 aromatic heterocycles. The van der Waals surface area contributed by atoms with Crippen molar-refractivity contribution >= 4 is 22.6 Å². The average Bonchev–Trinajstić information content (AvgIpc) is 2.01. The summed E-state index contributed by atoms with van der Waals surface area (Å²) < 4.78 is 0.864. The Morgan fingerprint density at radius 3 is 2.36 bits per heavy atom. The number of alkyl halides is 1. The van der Waals surface area contributed by atoms with Gasteiger partial charge in [0.05, 0.1) is 0 Å². The highest BCUT2D eigenvalue weighted by Crippen LogP contribution is 2.16. The summed E-state index contributed by atoms with van der Waals surface area (Å²) >= 11 is 2.55. The number of hydrogen-bond acceptors (Lipinski definition) is 1. The van der Waals surface area contributed by atoms with E-state index in [0.717, 1.165) is 10.5 Å². The summed E-state index contributed by atoms with van der Waals surface area (Å²) in [7, 11) is 0. The second-order valence-electron chi connectivity index (χ2n) is 3.02. The number of nitrogens with two attached hydrogens (primary N) is 1. The lowest BCUT2D eigenvalue weighted by molar-refractivity contribution is 0.618. The minimum atomic E-state index is 0.854. The molecule has 1 unspecified atom stereocenters. The van der Waals surface area contributed by atoms with Gasteiger partial charge < -0.3 is 5.73 Å². The van der Waals surface area contributed by atoms with E-state index in [1.165, 1.54) is 38.5 Å². The average molecular weight is 269 g/mol. The van der Waals surface area contributed by atoms with E-state index in [9.17, 15) is 0 Å². The molecule has 2 N–H and O–H groups in total. The van der Waals surface area contributed by atoms with Gasteiger partial charge in [-0.3, -0.25) is 0 Å². The highest BCUT2D eigenvalue weighted by atomic mass is 127. The van der Waals surface area contributed by atoms with Crippen molar-refractivity contribution in [3.63, 3.8) is 0 Å². The summed E-state index contributed by atoms with van der Waals surface area (Å²) in [5.74, 6) is 0. The van der Waals surface area contributed by atoms with Crippen molar-refractivity contribution in [1.29, 1.82) is 0 Å². The highest BCUT2D eigenvalue weighted by Gasteiger charge is 2.01. The van der Waals surface area contributed by atoms with Crippen LogP contribution in [0.2, 0.25) is 0 Å². The van der Waals surface area contributed by atoms with Crippen LogP contribution in [0.25, 0.3) is 0 Å². The van der Waals surface area contributed by atoms with Crippen LogP contribution < -0.4 is 5.73 Å². The number of unbranched alkanes of at least 4 members (excludes halogenated alkanes) is 2. The second kappa shape index (κ2) is 8.78. The molecule has 0 radical (unpaired) electrons. The summed E-state index contributed by atoms with van der Waals surface area (Å²) in [6, 6.07) is 0. The maximum Gasteiger partial charge on any atom is 0.0110 e. The van der Waals surface area contributed by atoms with Crippen LogP contribution in [0.4, 0.5) is 0 Å². The van der Waals surface area contributed by atoms with Gasteiger partial charge in [-0.15, -0.1) is 0 Å². The van der Waals surface area contributed by atoms with Crippen LogP contribution in [0.15, 0.2) is 0 Å². The first-order valence-electron chi connectivity index (χ1n) is 4.65. The molecule has 0 saturated heterocycles. The Balaban J connectivity index is 3.02. The Morgan fingerprint density at radius 2 is 1.82 bits per heavy atom. The second-order valence-corrected chi connectivity index (χ2v) is 4.79. The van der Waals surface area contributed by atoms with Gasteiger partial charge in [-0.1, -0.05) is 48.8 Å². The lowest BCUT2D eigenvalue weighted by Crippen LogP contribution is -2.04. The molecule has 68 valence electrons. The molecule has 0 aromatic rings. The third kappa shape index (κ3) is 8.60. The van der Waals surface area contributed by atoms with E-state index in [2.05, 4.69) is 29.5 Å². The van der Waals surface area contributed by atoms with Crippen LogP contribution in [0.5, 0.6) is 0 Å². The van der Waals surface area contributed by atoms with Gasteiger partial charge in [0.15, 0.2) is 0 Å². The van der Waals surface area contributed by atoms with E-state index >= 15 is 0 Å². The van der Waals surface area contributed by atoms with Crippen LogP contribution in [0.1, 0.15) is 45.4 Å². The Hall–Kier alpha value is 0.690. The molecule has 0 fully saturated rings. The maximum absolute atomic E-state index is 5.43. The molecule has 0 heterocycles. The third-order valence-electron chi connectivity index (χ3n) is 1.84. The van der Waals surface area contributed by atoms with Crippen molar-refractivity contribution in [1.82, 2.24) is 0 Å². The zero-order valence-corrected chi connectivity index (χ0v) is 9.64. The molecular formula is C9H20IN. The minimum absolute atomic E-state index is 0.854. The van der Waals surface area contributed by atoms with Crippen molar-refractivity contribution in [2.45, 2.75) is 49.4 Å².